The first-order chi connectivity index (χ1) is 9.12. The SMILES string of the molecule is Cc1cc(Cl)c(C)nc1-c1nn(C)c(C(C)(F)F)c1C. The van der Waals surface area contributed by atoms with E-state index in [1.807, 2.05) is 6.92 Å². The second-order valence-electron chi connectivity index (χ2n) is 5.06. The van der Waals surface area contributed by atoms with Crippen molar-refractivity contribution >= 4 is 11.6 Å². The summed E-state index contributed by atoms with van der Waals surface area (Å²) in [5.74, 6) is -2.94. The molecule has 2 rings (SSSR count). The standard InChI is InChI=1S/C14H16ClF2N3/c1-7-6-10(15)9(3)18-11(7)12-8(2)13(14(4,16)17)20(5)19-12/h6H,1-5H3. The average molecular weight is 300 g/mol. The Labute approximate surface area is 121 Å². The van der Waals surface area contributed by atoms with Crippen LogP contribution in [0.4, 0.5) is 8.78 Å². The lowest BCUT2D eigenvalue weighted by Gasteiger charge is -2.11. The van der Waals surface area contributed by atoms with Gasteiger partial charge in [0.05, 0.1) is 16.4 Å². The lowest BCUT2D eigenvalue weighted by Crippen LogP contribution is -2.14. The van der Waals surface area contributed by atoms with Gasteiger partial charge in [-0.05, 0) is 32.4 Å². The molecule has 0 radical (unpaired) electrons. The quantitative estimate of drug-likeness (QED) is 0.833. The van der Waals surface area contributed by atoms with Gasteiger partial charge in [-0.3, -0.25) is 4.68 Å². The van der Waals surface area contributed by atoms with E-state index in [1.54, 1.807) is 19.9 Å². The first-order valence-electron chi connectivity index (χ1n) is 6.19. The number of halogens is 3. The summed E-state index contributed by atoms with van der Waals surface area (Å²) in [7, 11) is 1.52. The summed E-state index contributed by atoms with van der Waals surface area (Å²) in [5.41, 5.74) is 2.88. The number of alkyl halides is 2. The smallest absolute Gasteiger partial charge is 0.266 e. The van der Waals surface area contributed by atoms with Crippen LogP contribution >= 0.6 is 11.6 Å². The number of aryl methyl sites for hydroxylation is 3. The zero-order valence-corrected chi connectivity index (χ0v) is 12.8. The van der Waals surface area contributed by atoms with Crippen molar-refractivity contribution in [2.45, 2.75) is 33.6 Å². The molecule has 0 atom stereocenters. The minimum Gasteiger partial charge on any atom is -0.266 e. The molecule has 2 aromatic heterocycles. The molecule has 0 aliphatic rings. The normalized spacial score (nSPS) is 12.0. The van der Waals surface area contributed by atoms with Gasteiger partial charge >= 0.3 is 0 Å². The van der Waals surface area contributed by atoms with Gasteiger partial charge in [0.15, 0.2) is 0 Å². The van der Waals surface area contributed by atoms with Crippen molar-refractivity contribution in [3.05, 3.63) is 33.6 Å². The minimum absolute atomic E-state index is 0.0960. The van der Waals surface area contributed by atoms with Crippen LogP contribution in [0.1, 0.15) is 29.4 Å². The van der Waals surface area contributed by atoms with Crippen LogP contribution in [0.15, 0.2) is 6.07 Å². The van der Waals surface area contributed by atoms with E-state index in [4.69, 9.17) is 11.6 Å². The summed E-state index contributed by atoms with van der Waals surface area (Å²) >= 11 is 6.01. The summed E-state index contributed by atoms with van der Waals surface area (Å²) in [4.78, 5) is 4.39. The lowest BCUT2D eigenvalue weighted by atomic mass is 10.1. The highest BCUT2D eigenvalue weighted by molar-refractivity contribution is 6.31. The second kappa shape index (κ2) is 4.81. The monoisotopic (exact) mass is 299 g/mol. The predicted octanol–water partition coefficient (Wildman–Crippen LogP) is 4.17. The van der Waals surface area contributed by atoms with Gasteiger partial charge < -0.3 is 0 Å². The van der Waals surface area contributed by atoms with Crippen LogP contribution in [0.2, 0.25) is 5.02 Å². The van der Waals surface area contributed by atoms with Crippen LogP contribution in [-0.2, 0) is 13.0 Å². The maximum absolute atomic E-state index is 13.6. The van der Waals surface area contributed by atoms with Crippen molar-refractivity contribution < 1.29 is 8.78 Å². The predicted molar refractivity (Wildman–Crippen MR) is 75.2 cm³/mol. The Morgan fingerprint density at radius 3 is 2.30 bits per heavy atom. The van der Waals surface area contributed by atoms with E-state index in [1.165, 1.54) is 11.7 Å². The van der Waals surface area contributed by atoms with E-state index in [2.05, 4.69) is 10.1 Å². The number of aromatic nitrogens is 3. The summed E-state index contributed by atoms with van der Waals surface area (Å²) in [6.45, 7) is 6.12. The van der Waals surface area contributed by atoms with Crippen LogP contribution < -0.4 is 0 Å². The Morgan fingerprint density at radius 1 is 1.20 bits per heavy atom. The molecule has 0 N–H and O–H groups in total. The fourth-order valence-corrected chi connectivity index (χ4v) is 2.59. The molecule has 0 unspecified atom stereocenters. The number of pyridine rings is 1. The maximum Gasteiger partial charge on any atom is 0.286 e. The number of nitrogens with zero attached hydrogens (tertiary/aromatic N) is 3. The molecule has 0 fully saturated rings. The molecule has 3 nitrogen and oxygen atoms in total. The molecule has 6 heteroatoms. The van der Waals surface area contributed by atoms with Gasteiger partial charge in [-0.2, -0.15) is 13.9 Å². The van der Waals surface area contributed by atoms with E-state index >= 15 is 0 Å². The summed E-state index contributed by atoms with van der Waals surface area (Å²) < 4.78 is 28.5. The Hall–Kier alpha value is -1.49. The van der Waals surface area contributed by atoms with Crippen LogP contribution in [0.3, 0.4) is 0 Å². The van der Waals surface area contributed by atoms with Crippen molar-refractivity contribution in [3.8, 4) is 11.4 Å². The molecular weight excluding hydrogens is 284 g/mol. The van der Waals surface area contributed by atoms with Crippen LogP contribution in [0.25, 0.3) is 11.4 Å². The first-order valence-corrected chi connectivity index (χ1v) is 6.56. The highest BCUT2D eigenvalue weighted by Gasteiger charge is 2.33. The molecule has 0 saturated heterocycles. The van der Waals surface area contributed by atoms with E-state index in [-0.39, 0.29) is 5.69 Å². The zero-order chi connectivity index (χ0) is 15.2. The molecular formula is C14H16ClF2N3. The molecule has 20 heavy (non-hydrogen) atoms. The van der Waals surface area contributed by atoms with Gasteiger partial charge in [0.25, 0.3) is 5.92 Å². The van der Waals surface area contributed by atoms with Gasteiger partial charge in [0.1, 0.15) is 11.4 Å². The fourth-order valence-electron chi connectivity index (χ4n) is 2.38. The summed E-state index contributed by atoms with van der Waals surface area (Å²) in [6.07, 6.45) is 0. The first kappa shape index (κ1) is 14.9. The van der Waals surface area contributed by atoms with Gasteiger partial charge in [-0.25, -0.2) is 4.98 Å². The van der Waals surface area contributed by atoms with Crippen molar-refractivity contribution in [1.82, 2.24) is 14.8 Å². The minimum atomic E-state index is -2.94. The van der Waals surface area contributed by atoms with Crippen molar-refractivity contribution in [2.75, 3.05) is 0 Å². The van der Waals surface area contributed by atoms with E-state index < -0.39 is 5.92 Å². The van der Waals surface area contributed by atoms with Gasteiger partial charge in [-0.1, -0.05) is 11.6 Å². The second-order valence-corrected chi connectivity index (χ2v) is 5.46. The molecule has 2 aromatic rings. The maximum atomic E-state index is 13.6. The van der Waals surface area contributed by atoms with Crippen molar-refractivity contribution in [3.63, 3.8) is 0 Å². The molecule has 0 bridgehead atoms. The third-order valence-electron chi connectivity index (χ3n) is 3.27. The lowest BCUT2D eigenvalue weighted by molar-refractivity contribution is 0.00819. The van der Waals surface area contributed by atoms with E-state index in [9.17, 15) is 8.78 Å². The Kier molecular flexibility index (Phi) is 3.58. The summed E-state index contributed by atoms with van der Waals surface area (Å²) in [5, 5.41) is 4.77. The number of hydrogen-bond donors (Lipinski definition) is 0. The van der Waals surface area contributed by atoms with Crippen LogP contribution in [-0.4, -0.2) is 14.8 Å². The molecule has 0 saturated carbocycles. The Balaban J connectivity index is 2.70. The van der Waals surface area contributed by atoms with Gasteiger partial charge in [-0.15, -0.1) is 0 Å². The molecule has 0 aliphatic carbocycles. The highest BCUT2D eigenvalue weighted by atomic mass is 35.5. The van der Waals surface area contributed by atoms with E-state index in [0.29, 0.717) is 27.7 Å². The molecule has 0 aliphatic heterocycles. The molecule has 2 heterocycles. The number of rotatable bonds is 2. The molecule has 0 aromatic carbocycles. The highest BCUT2D eigenvalue weighted by Crippen LogP contribution is 2.35. The third-order valence-corrected chi connectivity index (χ3v) is 3.65. The third kappa shape index (κ3) is 2.42. The van der Waals surface area contributed by atoms with Crippen LogP contribution in [0, 0.1) is 20.8 Å². The molecule has 108 valence electrons. The molecule has 0 spiro atoms. The fraction of sp³-hybridized carbons (Fsp3) is 0.429. The average Bonchev–Trinajstić information content (AvgIpc) is 2.58. The topological polar surface area (TPSA) is 30.7 Å². The Morgan fingerprint density at radius 2 is 1.80 bits per heavy atom. The largest absolute Gasteiger partial charge is 0.286 e. The Bertz CT molecular complexity index is 672. The summed E-state index contributed by atoms with van der Waals surface area (Å²) in [6, 6.07) is 1.77. The van der Waals surface area contributed by atoms with Gasteiger partial charge in [0.2, 0.25) is 0 Å². The van der Waals surface area contributed by atoms with Crippen molar-refractivity contribution in [2.24, 2.45) is 7.05 Å². The zero-order valence-electron chi connectivity index (χ0n) is 12.1. The van der Waals surface area contributed by atoms with Gasteiger partial charge in [0, 0.05) is 19.5 Å². The van der Waals surface area contributed by atoms with Crippen LogP contribution in [0.5, 0.6) is 0 Å². The van der Waals surface area contributed by atoms with Crippen molar-refractivity contribution in [1.29, 1.82) is 0 Å². The van der Waals surface area contributed by atoms with E-state index in [0.717, 1.165) is 12.5 Å². The molecule has 0 amide bonds. The number of hydrogen-bond acceptors (Lipinski definition) is 2.